The van der Waals surface area contributed by atoms with Gasteiger partial charge in [-0.1, -0.05) is 48.9 Å². The summed E-state index contributed by atoms with van der Waals surface area (Å²) >= 11 is 0. The highest BCUT2D eigenvalue weighted by Crippen LogP contribution is 2.19. The van der Waals surface area contributed by atoms with Crippen LogP contribution in [0.25, 0.3) is 6.08 Å². The number of hydrogen-bond donors (Lipinski definition) is 1. The summed E-state index contributed by atoms with van der Waals surface area (Å²) in [6, 6.07) is 10.6. The molecule has 0 saturated carbocycles. The Kier molecular flexibility index (Phi) is 10.0. The van der Waals surface area contributed by atoms with Gasteiger partial charge >= 0.3 is 0 Å². The Bertz CT molecular complexity index is 517. The highest BCUT2D eigenvalue weighted by molar-refractivity contribution is 14.0. The first-order valence-corrected chi connectivity index (χ1v) is 8.61. The first-order valence-electron chi connectivity index (χ1n) is 8.61. The first kappa shape index (κ1) is 21.0. The number of guanidine groups is 1. The number of rotatable bonds is 5. The minimum Gasteiger partial charge on any atom is -0.355 e. The average Bonchev–Trinajstić information content (AvgIpc) is 2.60. The van der Waals surface area contributed by atoms with Crippen molar-refractivity contribution in [3.8, 4) is 0 Å². The van der Waals surface area contributed by atoms with E-state index in [-0.39, 0.29) is 24.0 Å². The lowest BCUT2D eigenvalue weighted by molar-refractivity contribution is 0.344. The maximum absolute atomic E-state index is 4.44. The minimum atomic E-state index is 0. The van der Waals surface area contributed by atoms with Crippen molar-refractivity contribution < 1.29 is 0 Å². The highest BCUT2D eigenvalue weighted by atomic mass is 127. The number of likely N-dealkylation sites (N-methyl/N-ethyl adjacent to an activating group) is 1. The van der Waals surface area contributed by atoms with Crippen LogP contribution in [0, 0.1) is 0 Å². The molecule has 1 saturated heterocycles. The van der Waals surface area contributed by atoms with E-state index in [0.717, 1.165) is 51.5 Å². The van der Waals surface area contributed by atoms with Crippen molar-refractivity contribution in [3.05, 3.63) is 41.5 Å². The van der Waals surface area contributed by atoms with E-state index < -0.39 is 0 Å². The molecule has 0 amide bonds. The topological polar surface area (TPSA) is 30.9 Å². The van der Waals surface area contributed by atoms with Gasteiger partial charge in [0.15, 0.2) is 5.96 Å². The van der Waals surface area contributed by atoms with Crippen molar-refractivity contribution in [1.29, 1.82) is 0 Å². The molecular weight excluding hydrogens is 411 g/mol. The molecule has 1 aliphatic rings. The van der Waals surface area contributed by atoms with Crippen LogP contribution in [0.1, 0.15) is 25.3 Å². The van der Waals surface area contributed by atoms with Crippen LogP contribution >= 0.6 is 24.0 Å². The van der Waals surface area contributed by atoms with Crippen LogP contribution in [0.15, 0.2) is 40.9 Å². The van der Waals surface area contributed by atoms with Crippen molar-refractivity contribution in [2.45, 2.75) is 19.8 Å². The molecule has 4 nitrogen and oxygen atoms in total. The molecule has 0 aliphatic carbocycles. The molecule has 0 bridgehead atoms. The molecule has 1 aromatic carbocycles. The third kappa shape index (κ3) is 6.81. The molecule has 0 spiro atoms. The van der Waals surface area contributed by atoms with Gasteiger partial charge < -0.3 is 15.1 Å². The van der Waals surface area contributed by atoms with E-state index in [1.54, 1.807) is 0 Å². The Morgan fingerprint density at radius 3 is 2.50 bits per heavy atom. The smallest absolute Gasteiger partial charge is 0.193 e. The third-order valence-corrected chi connectivity index (χ3v) is 4.40. The molecule has 1 aliphatic heterocycles. The zero-order valence-electron chi connectivity index (χ0n) is 15.2. The number of hydrogen-bond acceptors (Lipinski definition) is 2. The fourth-order valence-corrected chi connectivity index (χ4v) is 2.78. The summed E-state index contributed by atoms with van der Waals surface area (Å²) < 4.78 is 0. The van der Waals surface area contributed by atoms with Crippen molar-refractivity contribution in [1.82, 2.24) is 15.1 Å². The minimum absolute atomic E-state index is 0. The van der Waals surface area contributed by atoms with Crippen LogP contribution in [-0.2, 0) is 0 Å². The molecule has 134 valence electrons. The van der Waals surface area contributed by atoms with Crippen LogP contribution in [-0.4, -0.2) is 62.6 Å². The monoisotopic (exact) mass is 442 g/mol. The Morgan fingerprint density at radius 2 is 1.92 bits per heavy atom. The number of likely N-dealkylation sites (tertiary alicyclic amines) is 1. The van der Waals surface area contributed by atoms with Gasteiger partial charge in [-0.05, 0) is 32.0 Å². The third-order valence-electron chi connectivity index (χ3n) is 4.40. The number of halogens is 1. The van der Waals surface area contributed by atoms with E-state index in [2.05, 4.69) is 70.5 Å². The molecule has 24 heavy (non-hydrogen) atoms. The average molecular weight is 442 g/mol. The lowest BCUT2D eigenvalue weighted by Crippen LogP contribution is -2.46. The predicted octanol–water partition coefficient (Wildman–Crippen LogP) is 3.31. The number of benzene rings is 1. The Balaban J connectivity index is 0.00000288. The van der Waals surface area contributed by atoms with Gasteiger partial charge in [-0.2, -0.15) is 0 Å². The number of aliphatic imine (C=N–C) groups is 1. The van der Waals surface area contributed by atoms with Gasteiger partial charge in [0, 0.05) is 33.2 Å². The van der Waals surface area contributed by atoms with Gasteiger partial charge in [0.25, 0.3) is 0 Å². The summed E-state index contributed by atoms with van der Waals surface area (Å²) in [7, 11) is 4.02. The van der Waals surface area contributed by atoms with Crippen molar-refractivity contribution >= 4 is 36.0 Å². The second kappa shape index (κ2) is 11.5. The van der Waals surface area contributed by atoms with Gasteiger partial charge in [0.1, 0.15) is 0 Å². The summed E-state index contributed by atoms with van der Waals surface area (Å²) in [5.74, 6) is 1.04. The maximum atomic E-state index is 4.44. The molecule has 5 heteroatoms. The molecule has 2 rings (SSSR count). The van der Waals surface area contributed by atoms with Crippen LogP contribution in [0.4, 0.5) is 0 Å². The lowest BCUT2D eigenvalue weighted by atomic mass is 10.0. The van der Waals surface area contributed by atoms with E-state index in [0.29, 0.717) is 0 Å². The number of nitrogens with zero attached hydrogens (tertiary/aromatic N) is 3. The lowest BCUT2D eigenvalue weighted by Gasteiger charge is -2.31. The number of piperidine rings is 1. The van der Waals surface area contributed by atoms with Crippen LogP contribution < -0.4 is 5.32 Å². The quantitative estimate of drug-likeness (QED) is 0.431. The van der Waals surface area contributed by atoms with E-state index in [1.807, 2.05) is 7.05 Å². The Morgan fingerprint density at radius 1 is 1.25 bits per heavy atom. The SMILES string of the molecule is CCN(C)CCNC(=NC)N1CCC(=Cc2ccccc2)CC1.I. The van der Waals surface area contributed by atoms with Crippen molar-refractivity contribution in [2.75, 3.05) is 46.8 Å². The van der Waals surface area contributed by atoms with E-state index in [9.17, 15) is 0 Å². The molecule has 0 aromatic heterocycles. The van der Waals surface area contributed by atoms with Crippen LogP contribution in [0.5, 0.6) is 0 Å². The van der Waals surface area contributed by atoms with E-state index in [1.165, 1.54) is 11.1 Å². The van der Waals surface area contributed by atoms with E-state index >= 15 is 0 Å². The fraction of sp³-hybridized carbons (Fsp3) is 0.526. The molecule has 0 radical (unpaired) electrons. The van der Waals surface area contributed by atoms with Gasteiger partial charge in [0.05, 0.1) is 0 Å². The molecule has 1 aromatic rings. The van der Waals surface area contributed by atoms with Gasteiger partial charge in [-0.25, -0.2) is 0 Å². The number of nitrogens with one attached hydrogen (secondary N) is 1. The van der Waals surface area contributed by atoms with Gasteiger partial charge in [-0.15, -0.1) is 24.0 Å². The second-order valence-electron chi connectivity index (χ2n) is 6.07. The maximum Gasteiger partial charge on any atom is 0.193 e. The summed E-state index contributed by atoms with van der Waals surface area (Å²) in [6.45, 7) is 7.34. The Labute approximate surface area is 164 Å². The molecule has 0 unspecified atom stereocenters. The standard InChI is InChI=1S/C19H30N4.HI/c1-4-22(3)15-12-21-19(20-2)23-13-10-18(11-14-23)16-17-8-6-5-7-9-17;/h5-9,16H,4,10-15H2,1-3H3,(H,20,21);1H. The largest absolute Gasteiger partial charge is 0.355 e. The fourth-order valence-electron chi connectivity index (χ4n) is 2.78. The van der Waals surface area contributed by atoms with Crippen LogP contribution in [0.2, 0.25) is 0 Å². The molecule has 0 atom stereocenters. The Hall–Kier alpha value is -1.08. The summed E-state index contributed by atoms with van der Waals surface area (Å²) in [4.78, 5) is 9.11. The van der Waals surface area contributed by atoms with Crippen molar-refractivity contribution in [2.24, 2.45) is 4.99 Å². The normalized spacial score (nSPS) is 15.2. The van der Waals surface area contributed by atoms with E-state index in [4.69, 9.17) is 0 Å². The highest BCUT2D eigenvalue weighted by Gasteiger charge is 2.16. The summed E-state index contributed by atoms with van der Waals surface area (Å²) in [6.07, 6.45) is 4.57. The molecule has 1 N–H and O–H groups in total. The second-order valence-corrected chi connectivity index (χ2v) is 6.07. The molecular formula is C19H31IN4. The summed E-state index contributed by atoms with van der Waals surface area (Å²) in [5, 5.41) is 3.48. The molecule has 1 fully saturated rings. The summed E-state index contributed by atoms with van der Waals surface area (Å²) in [5.41, 5.74) is 2.84. The van der Waals surface area contributed by atoms with Crippen molar-refractivity contribution in [3.63, 3.8) is 0 Å². The predicted molar refractivity (Wildman–Crippen MR) is 115 cm³/mol. The van der Waals surface area contributed by atoms with Gasteiger partial charge in [-0.3, -0.25) is 4.99 Å². The van der Waals surface area contributed by atoms with Gasteiger partial charge in [0.2, 0.25) is 0 Å². The molecule has 1 heterocycles. The zero-order valence-corrected chi connectivity index (χ0v) is 17.5. The first-order chi connectivity index (χ1) is 11.2. The zero-order chi connectivity index (χ0) is 16.5. The van der Waals surface area contributed by atoms with Crippen LogP contribution in [0.3, 0.4) is 0 Å².